The van der Waals surface area contributed by atoms with Crippen molar-refractivity contribution < 1.29 is 5.11 Å². The molecule has 0 spiro atoms. The lowest BCUT2D eigenvalue weighted by Gasteiger charge is -2.13. The number of halogens is 1. The van der Waals surface area contributed by atoms with Crippen molar-refractivity contribution >= 4 is 34.4 Å². The van der Waals surface area contributed by atoms with E-state index in [9.17, 15) is 5.11 Å². The van der Waals surface area contributed by atoms with Gasteiger partial charge < -0.3 is 5.11 Å². The highest BCUT2D eigenvalue weighted by Crippen LogP contribution is 2.29. The Morgan fingerprint density at radius 1 is 1.24 bits per heavy atom. The van der Waals surface area contributed by atoms with Gasteiger partial charge in [0.05, 0.1) is 6.10 Å². The van der Waals surface area contributed by atoms with E-state index >= 15 is 0 Å². The molecule has 1 aromatic rings. The zero-order chi connectivity index (χ0) is 12.1. The molecule has 17 heavy (non-hydrogen) atoms. The van der Waals surface area contributed by atoms with Crippen LogP contribution in [0.3, 0.4) is 0 Å². The van der Waals surface area contributed by atoms with Crippen LogP contribution in [0.15, 0.2) is 24.3 Å². The first-order valence-corrected chi connectivity index (χ1v) is 8.41. The third-order valence-corrected chi connectivity index (χ3v) is 5.45. The van der Waals surface area contributed by atoms with Crippen LogP contribution in [0, 0.1) is 3.57 Å². The minimum absolute atomic E-state index is 0.194. The molecule has 0 bridgehead atoms. The molecule has 0 saturated heterocycles. The van der Waals surface area contributed by atoms with Crippen molar-refractivity contribution in [2.24, 2.45) is 0 Å². The van der Waals surface area contributed by atoms with Crippen molar-refractivity contribution in [3.8, 4) is 0 Å². The Labute approximate surface area is 122 Å². The molecule has 0 amide bonds. The zero-order valence-corrected chi connectivity index (χ0v) is 12.9. The number of hydrogen-bond acceptors (Lipinski definition) is 2. The second-order valence-corrected chi connectivity index (χ2v) is 7.30. The summed E-state index contributed by atoms with van der Waals surface area (Å²) in [4.78, 5) is 0. The number of aliphatic hydroxyl groups is 1. The van der Waals surface area contributed by atoms with Crippen molar-refractivity contribution in [1.82, 2.24) is 0 Å². The molecule has 1 N–H and O–H groups in total. The summed E-state index contributed by atoms with van der Waals surface area (Å²) in [7, 11) is 0. The van der Waals surface area contributed by atoms with Gasteiger partial charge in [-0.2, -0.15) is 11.8 Å². The smallest absolute Gasteiger partial charge is 0.0670 e. The Bertz CT molecular complexity index is 333. The molecule has 94 valence electrons. The molecule has 0 radical (unpaired) electrons. The van der Waals surface area contributed by atoms with Crippen molar-refractivity contribution in [2.75, 3.05) is 5.75 Å². The van der Waals surface area contributed by atoms with E-state index < -0.39 is 0 Å². The van der Waals surface area contributed by atoms with Crippen molar-refractivity contribution in [1.29, 1.82) is 0 Å². The molecule has 1 aliphatic carbocycles. The second-order valence-electron chi connectivity index (χ2n) is 4.72. The highest BCUT2D eigenvalue weighted by molar-refractivity contribution is 14.1. The Kier molecular flexibility index (Phi) is 5.63. The summed E-state index contributed by atoms with van der Waals surface area (Å²) in [5.74, 6) is 0.886. The van der Waals surface area contributed by atoms with Crippen molar-refractivity contribution in [2.45, 2.75) is 43.5 Å². The molecule has 2 rings (SSSR count). The van der Waals surface area contributed by atoms with Gasteiger partial charge in [0.2, 0.25) is 0 Å². The van der Waals surface area contributed by atoms with Crippen molar-refractivity contribution in [3.63, 3.8) is 0 Å². The van der Waals surface area contributed by atoms with Gasteiger partial charge in [0.1, 0.15) is 0 Å². The van der Waals surface area contributed by atoms with Crippen LogP contribution in [-0.2, 0) is 6.42 Å². The van der Waals surface area contributed by atoms with E-state index in [4.69, 9.17) is 0 Å². The van der Waals surface area contributed by atoms with E-state index in [1.165, 1.54) is 34.8 Å². The highest BCUT2D eigenvalue weighted by atomic mass is 127. The first kappa shape index (κ1) is 13.7. The van der Waals surface area contributed by atoms with Crippen molar-refractivity contribution in [3.05, 3.63) is 33.4 Å². The molecular formula is C14H19IOS. The van der Waals surface area contributed by atoms with Gasteiger partial charge in [-0.15, -0.1) is 0 Å². The molecule has 0 heterocycles. The Hall–Kier alpha value is 0.260. The predicted octanol–water partition coefficient (Wildman–Crippen LogP) is 3.87. The molecular weight excluding hydrogens is 343 g/mol. The average Bonchev–Trinajstić information content (AvgIpc) is 2.83. The van der Waals surface area contributed by atoms with Gasteiger partial charge in [-0.1, -0.05) is 25.0 Å². The number of hydrogen-bond donors (Lipinski definition) is 1. The fourth-order valence-corrected chi connectivity index (χ4v) is 3.89. The van der Waals surface area contributed by atoms with Gasteiger partial charge in [0.15, 0.2) is 0 Å². The fraction of sp³-hybridized carbons (Fsp3) is 0.571. The Morgan fingerprint density at radius 2 is 1.88 bits per heavy atom. The molecule has 0 aliphatic heterocycles. The summed E-state index contributed by atoms with van der Waals surface area (Å²) in [5, 5.41) is 10.8. The zero-order valence-electron chi connectivity index (χ0n) is 9.94. The summed E-state index contributed by atoms with van der Waals surface area (Å²) in [6.07, 6.45) is 6.05. The third kappa shape index (κ3) is 4.79. The first-order chi connectivity index (χ1) is 8.24. The first-order valence-electron chi connectivity index (χ1n) is 6.28. The molecule has 1 saturated carbocycles. The summed E-state index contributed by atoms with van der Waals surface area (Å²) in [6, 6.07) is 8.44. The van der Waals surface area contributed by atoms with E-state index in [-0.39, 0.29) is 6.10 Å². The lowest BCUT2D eigenvalue weighted by molar-refractivity contribution is 0.200. The number of rotatable bonds is 5. The molecule has 1 aliphatic rings. The van der Waals surface area contributed by atoms with E-state index in [2.05, 4.69) is 46.9 Å². The van der Waals surface area contributed by atoms with Crippen LogP contribution in [0.4, 0.5) is 0 Å². The topological polar surface area (TPSA) is 20.2 Å². The van der Waals surface area contributed by atoms with Crippen LogP contribution in [-0.4, -0.2) is 22.2 Å². The highest BCUT2D eigenvalue weighted by Gasteiger charge is 2.17. The second kappa shape index (κ2) is 7.00. The van der Waals surface area contributed by atoms with Gasteiger partial charge in [0.25, 0.3) is 0 Å². The molecule has 0 aromatic heterocycles. The van der Waals surface area contributed by atoms with Crippen LogP contribution >= 0.6 is 34.4 Å². The van der Waals surface area contributed by atoms with Gasteiger partial charge in [-0.3, -0.25) is 0 Å². The number of aliphatic hydroxyl groups excluding tert-OH is 1. The molecule has 1 nitrogen and oxygen atoms in total. The van der Waals surface area contributed by atoms with Crippen LogP contribution < -0.4 is 0 Å². The summed E-state index contributed by atoms with van der Waals surface area (Å²) >= 11 is 4.27. The minimum Gasteiger partial charge on any atom is -0.392 e. The SMILES string of the molecule is OC(CSC1CCCC1)Cc1ccc(I)cc1. The van der Waals surface area contributed by atoms with Gasteiger partial charge in [0, 0.05) is 14.6 Å². The normalized spacial score (nSPS) is 18.5. The number of benzene rings is 1. The maximum absolute atomic E-state index is 10.0. The molecule has 1 atom stereocenters. The molecule has 1 fully saturated rings. The van der Waals surface area contributed by atoms with Crippen LogP contribution in [0.5, 0.6) is 0 Å². The maximum atomic E-state index is 10.0. The molecule has 1 aromatic carbocycles. The number of thioether (sulfide) groups is 1. The summed E-state index contributed by atoms with van der Waals surface area (Å²) in [6.45, 7) is 0. The summed E-state index contributed by atoms with van der Waals surface area (Å²) in [5.41, 5.74) is 1.24. The maximum Gasteiger partial charge on any atom is 0.0670 e. The van der Waals surface area contributed by atoms with E-state index in [1.54, 1.807) is 0 Å². The van der Waals surface area contributed by atoms with Crippen LogP contribution in [0.1, 0.15) is 31.2 Å². The third-order valence-electron chi connectivity index (χ3n) is 3.21. The van der Waals surface area contributed by atoms with Gasteiger partial charge >= 0.3 is 0 Å². The lowest BCUT2D eigenvalue weighted by Crippen LogP contribution is -2.15. The fourth-order valence-electron chi connectivity index (χ4n) is 2.25. The Morgan fingerprint density at radius 3 is 2.53 bits per heavy atom. The Balaban J connectivity index is 1.72. The molecule has 3 heteroatoms. The molecule has 1 unspecified atom stereocenters. The largest absolute Gasteiger partial charge is 0.392 e. The predicted molar refractivity (Wildman–Crippen MR) is 83.6 cm³/mol. The van der Waals surface area contributed by atoms with Gasteiger partial charge in [-0.05, 0) is 59.5 Å². The minimum atomic E-state index is -0.194. The van der Waals surface area contributed by atoms with E-state index in [1.807, 2.05) is 11.8 Å². The van der Waals surface area contributed by atoms with Gasteiger partial charge in [-0.25, -0.2) is 0 Å². The lowest BCUT2D eigenvalue weighted by atomic mass is 10.1. The standard InChI is InChI=1S/C14H19IOS/c15-12-7-5-11(6-8-12)9-13(16)10-17-14-3-1-2-4-14/h5-8,13-14,16H,1-4,9-10H2. The monoisotopic (exact) mass is 362 g/mol. The van der Waals surface area contributed by atoms with Crippen LogP contribution in [0.2, 0.25) is 0 Å². The summed E-state index contributed by atoms with van der Waals surface area (Å²) < 4.78 is 1.25. The van der Waals surface area contributed by atoms with Crippen LogP contribution in [0.25, 0.3) is 0 Å². The average molecular weight is 362 g/mol. The quantitative estimate of drug-likeness (QED) is 0.803. The van der Waals surface area contributed by atoms with E-state index in [0.717, 1.165) is 17.4 Å². The van der Waals surface area contributed by atoms with E-state index in [0.29, 0.717) is 0 Å².